The van der Waals surface area contributed by atoms with E-state index in [0.717, 1.165) is 12.0 Å². The number of amides is 2. The SMILES string of the molecule is CCc1ccnc(C(=O)N2CCCC(O)(CC(N)=O)C2)c1. The first-order valence-electron chi connectivity index (χ1n) is 7.18. The molecule has 1 aliphatic rings. The van der Waals surface area contributed by atoms with Crippen LogP contribution in [-0.4, -0.2) is 45.5 Å². The monoisotopic (exact) mass is 291 g/mol. The summed E-state index contributed by atoms with van der Waals surface area (Å²) in [6, 6.07) is 3.64. The quantitative estimate of drug-likeness (QED) is 0.843. The van der Waals surface area contributed by atoms with Crippen molar-refractivity contribution in [1.29, 1.82) is 0 Å². The lowest BCUT2D eigenvalue weighted by Gasteiger charge is -2.38. The number of hydrogen-bond acceptors (Lipinski definition) is 4. The Morgan fingerprint density at radius 3 is 2.95 bits per heavy atom. The number of hydrogen-bond donors (Lipinski definition) is 2. The maximum atomic E-state index is 12.5. The number of primary amides is 1. The highest BCUT2D eigenvalue weighted by Gasteiger charge is 2.37. The Bertz CT molecular complexity index is 547. The van der Waals surface area contributed by atoms with Crippen LogP contribution >= 0.6 is 0 Å². The number of aliphatic hydroxyl groups is 1. The van der Waals surface area contributed by atoms with Gasteiger partial charge >= 0.3 is 0 Å². The lowest BCUT2D eigenvalue weighted by molar-refractivity contribution is -0.125. The highest BCUT2D eigenvalue weighted by atomic mass is 16.3. The first-order valence-corrected chi connectivity index (χ1v) is 7.18. The zero-order valence-electron chi connectivity index (χ0n) is 12.2. The van der Waals surface area contributed by atoms with Gasteiger partial charge in [0.1, 0.15) is 5.69 Å². The molecule has 0 aromatic carbocycles. The minimum absolute atomic E-state index is 0.118. The van der Waals surface area contributed by atoms with Crippen molar-refractivity contribution < 1.29 is 14.7 Å². The molecule has 1 aliphatic heterocycles. The highest BCUT2D eigenvalue weighted by molar-refractivity contribution is 5.92. The Labute approximate surface area is 124 Å². The van der Waals surface area contributed by atoms with Crippen LogP contribution in [0, 0.1) is 0 Å². The Hall–Kier alpha value is -1.95. The molecule has 6 heteroatoms. The molecule has 2 heterocycles. The molecule has 1 aromatic rings. The number of nitrogens with zero attached hydrogens (tertiary/aromatic N) is 2. The van der Waals surface area contributed by atoms with Crippen molar-refractivity contribution in [2.24, 2.45) is 5.73 Å². The van der Waals surface area contributed by atoms with Gasteiger partial charge in [0, 0.05) is 12.7 Å². The average molecular weight is 291 g/mol. The van der Waals surface area contributed by atoms with E-state index < -0.39 is 11.5 Å². The van der Waals surface area contributed by atoms with E-state index in [0.29, 0.717) is 25.1 Å². The average Bonchev–Trinajstić information content (AvgIpc) is 2.45. The minimum atomic E-state index is -1.22. The number of pyridine rings is 1. The topological polar surface area (TPSA) is 96.5 Å². The van der Waals surface area contributed by atoms with Crippen molar-refractivity contribution in [3.8, 4) is 0 Å². The fourth-order valence-electron chi connectivity index (χ4n) is 2.73. The molecule has 114 valence electrons. The van der Waals surface area contributed by atoms with Crippen LogP contribution < -0.4 is 5.73 Å². The van der Waals surface area contributed by atoms with Gasteiger partial charge in [-0.1, -0.05) is 6.92 Å². The summed E-state index contributed by atoms with van der Waals surface area (Å²) in [7, 11) is 0. The van der Waals surface area contributed by atoms with Gasteiger partial charge in [-0.25, -0.2) is 0 Å². The molecule has 6 nitrogen and oxygen atoms in total. The number of carbonyl (C=O) groups excluding carboxylic acids is 2. The van der Waals surface area contributed by atoms with Crippen LogP contribution in [0.5, 0.6) is 0 Å². The van der Waals surface area contributed by atoms with E-state index in [2.05, 4.69) is 4.98 Å². The van der Waals surface area contributed by atoms with Crippen LogP contribution in [0.15, 0.2) is 18.3 Å². The predicted octanol–water partition coefficient (Wildman–Crippen LogP) is 0.486. The third-order valence-electron chi connectivity index (χ3n) is 3.80. The van der Waals surface area contributed by atoms with Crippen molar-refractivity contribution in [3.05, 3.63) is 29.6 Å². The van der Waals surface area contributed by atoms with Gasteiger partial charge in [-0.05, 0) is 37.0 Å². The van der Waals surface area contributed by atoms with Crippen molar-refractivity contribution in [1.82, 2.24) is 9.88 Å². The summed E-state index contributed by atoms with van der Waals surface area (Å²) in [5.41, 5.74) is 5.36. The van der Waals surface area contributed by atoms with Crippen LogP contribution in [0.3, 0.4) is 0 Å². The number of likely N-dealkylation sites (tertiary alicyclic amines) is 1. The van der Waals surface area contributed by atoms with Gasteiger partial charge in [0.15, 0.2) is 0 Å². The van der Waals surface area contributed by atoms with E-state index in [4.69, 9.17) is 5.73 Å². The molecule has 1 saturated heterocycles. The van der Waals surface area contributed by atoms with Crippen LogP contribution in [0.2, 0.25) is 0 Å². The summed E-state index contributed by atoms with van der Waals surface area (Å²) in [5, 5.41) is 10.4. The molecule has 1 atom stereocenters. The molecule has 21 heavy (non-hydrogen) atoms. The molecule has 1 fully saturated rings. The van der Waals surface area contributed by atoms with E-state index in [1.54, 1.807) is 17.2 Å². The number of rotatable bonds is 4. The largest absolute Gasteiger partial charge is 0.388 e. The van der Waals surface area contributed by atoms with Crippen molar-refractivity contribution in [2.75, 3.05) is 13.1 Å². The molecule has 3 N–H and O–H groups in total. The third kappa shape index (κ3) is 3.78. The zero-order chi connectivity index (χ0) is 15.5. The summed E-state index contributed by atoms with van der Waals surface area (Å²) < 4.78 is 0. The number of nitrogens with two attached hydrogens (primary N) is 1. The predicted molar refractivity (Wildman–Crippen MR) is 77.5 cm³/mol. The first-order chi connectivity index (χ1) is 9.93. The minimum Gasteiger partial charge on any atom is -0.388 e. The second-order valence-corrected chi connectivity index (χ2v) is 5.60. The summed E-state index contributed by atoms with van der Waals surface area (Å²) in [6.07, 6.45) is 3.43. The first kappa shape index (κ1) is 15.4. The number of aryl methyl sites for hydroxylation is 1. The number of β-amino-alcohol motifs (C(OH)–C–C–N with tert-alkyl or cyclic N) is 1. The molecule has 0 aliphatic carbocycles. The van der Waals surface area contributed by atoms with Crippen LogP contribution in [0.1, 0.15) is 42.2 Å². The summed E-state index contributed by atoms with van der Waals surface area (Å²) >= 11 is 0. The maximum absolute atomic E-state index is 12.5. The zero-order valence-corrected chi connectivity index (χ0v) is 12.2. The standard InChI is InChI=1S/C15H21N3O3/c1-2-11-4-6-17-12(8-11)14(20)18-7-3-5-15(21,10-18)9-13(16)19/h4,6,8,21H,2-3,5,7,9-10H2,1H3,(H2,16,19). The number of piperidine rings is 1. The number of aromatic nitrogens is 1. The van der Waals surface area contributed by atoms with Gasteiger partial charge in [0.25, 0.3) is 5.91 Å². The Balaban J connectivity index is 2.13. The van der Waals surface area contributed by atoms with E-state index >= 15 is 0 Å². The van der Waals surface area contributed by atoms with Crippen LogP contribution in [0.4, 0.5) is 0 Å². The second-order valence-electron chi connectivity index (χ2n) is 5.60. The molecule has 0 saturated carbocycles. The van der Waals surface area contributed by atoms with Crippen molar-refractivity contribution >= 4 is 11.8 Å². The Kier molecular flexibility index (Phi) is 4.57. The van der Waals surface area contributed by atoms with Gasteiger partial charge in [-0.3, -0.25) is 14.6 Å². The van der Waals surface area contributed by atoms with E-state index in [1.165, 1.54) is 0 Å². The summed E-state index contributed by atoms with van der Waals surface area (Å²) in [5.74, 6) is -0.772. The molecular formula is C15H21N3O3. The second kappa shape index (κ2) is 6.22. The molecule has 2 amide bonds. The molecule has 1 unspecified atom stereocenters. The van der Waals surface area contributed by atoms with Crippen molar-refractivity contribution in [2.45, 2.75) is 38.2 Å². The van der Waals surface area contributed by atoms with Gasteiger partial charge in [0.2, 0.25) is 5.91 Å². The fourth-order valence-corrected chi connectivity index (χ4v) is 2.73. The Morgan fingerprint density at radius 2 is 2.29 bits per heavy atom. The number of carbonyl (C=O) groups is 2. The van der Waals surface area contributed by atoms with Gasteiger partial charge < -0.3 is 15.7 Å². The van der Waals surface area contributed by atoms with Crippen LogP contribution in [0.25, 0.3) is 0 Å². The molecular weight excluding hydrogens is 270 g/mol. The Morgan fingerprint density at radius 1 is 1.52 bits per heavy atom. The normalized spacial score (nSPS) is 22.1. The molecule has 1 aromatic heterocycles. The van der Waals surface area contributed by atoms with Crippen LogP contribution in [-0.2, 0) is 11.2 Å². The highest BCUT2D eigenvalue weighted by Crippen LogP contribution is 2.25. The van der Waals surface area contributed by atoms with Gasteiger partial charge in [-0.2, -0.15) is 0 Å². The third-order valence-corrected chi connectivity index (χ3v) is 3.80. The van der Waals surface area contributed by atoms with Gasteiger partial charge in [-0.15, -0.1) is 0 Å². The summed E-state index contributed by atoms with van der Waals surface area (Å²) in [6.45, 7) is 2.68. The fraction of sp³-hybridized carbons (Fsp3) is 0.533. The van der Waals surface area contributed by atoms with E-state index in [-0.39, 0.29) is 18.9 Å². The maximum Gasteiger partial charge on any atom is 0.272 e. The van der Waals surface area contributed by atoms with Gasteiger partial charge in [0.05, 0.1) is 18.6 Å². The van der Waals surface area contributed by atoms with Crippen molar-refractivity contribution in [3.63, 3.8) is 0 Å². The molecule has 0 spiro atoms. The van der Waals surface area contributed by atoms with E-state index in [1.807, 2.05) is 13.0 Å². The molecule has 0 radical (unpaired) electrons. The molecule has 0 bridgehead atoms. The smallest absolute Gasteiger partial charge is 0.272 e. The summed E-state index contributed by atoms with van der Waals surface area (Å²) in [4.78, 5) is 29.2. The molecule has 2 rings (SSSR count). The lowest BCUT2D eigenvalue weighted by atomic mass is 9.89. The van der Waals surface area contributed by atoms with E-state index in [9.17, 15) is 14.7 Å². The lowest BCUT2D eigenvalue weighted by Crippen LogP contribution is -2.52.